The van der Waals surface area contributed by atoms with Crippen molar-refractivity contribution >= 4 is 32.2 Å². The lowest BCUT2D eigenvalue weighted by Gasteiger charge is -2.40. The molecule has 0 unspecified atom stereocenters. The second kappa shape index (κ2) is 9.02. The molecule has 0 bridgehead atoms. The highest BCUT2D eigenvalue weighted by Crippen LogP contribution is 2.42. The van der Waals surface area contributed by atoms with E-state index in [-0.39, 0.29) is 0 Å². The normalized spacial score (nSPS) is 25.5. The van der Waals surface area contributed by atoms with Gasteiger partial charge >= 0.3 is 0 Å². The lowest BCUT2D eigenvalue weighted by molar-refractivity contribution is -0.231. The van der Waals surface area contributed by atoms with Crippen molar-refractivity contribution < 1.29 is 29.9 Å². The van der Waals surface area contributed by atoms with Crippen molar-refractivity contribution in [3.8, 4) is 5.75 Å². The highest BCUT2D eigenvalue weighted by atomic mass is 32.1. The van der Waals surface area contributed by atoms with E-state index in [4.69, 9.17) is 9.47 Å². The molecule has 5 rings (SSSR count). The molecule has 1 aliphatic rings. The fourth-order valence-corrected chi connectivity index (χ4v) is 5.80. The number of aliphatic hydroxyl groups is 4. The van der Waals surface area contributed by atoms with E-state index < -0.39 is 37.1 Å². The van der Waals surface area contributed by atoms with Crippen LogP contribution in [0.2, 0.25) is 0 Å². The van der Waals surface area contributed by atoms with Gasteiger partial charge in [-0.1, -0.05) is 42.5 Å². The summed E-state index contributed by atoms with van der Waals surface area (Å²) in [5.41, 5.74) is 1.61. The quantitative estimate of drug-likeness (QED) is 0.361. The van der Waals surface area contributed by atoms with Crippen LogP contribution in [0.4, 0.5) is 0 Å². The van der Waals surface area contributed by atoms with Gasteiger partial charge in [0.05, 0.1) is 13.7 Å². The average molecular weight is 467 g/mol. The summed E-state index contributed by atoms with van der Waals surface area (Å²) in [6.45, 7) is -0.468. The number of hydrogen-bond acceptors (Lipinski definition) is 7. The third-order valence-corrected chi connectivity index (χ3v) is 7.46. The van der Waals surface area contributed by atoms with Crippen molar-refractivity contribution in [2.24, 2.45) is 0 Å². The molecule has 1 fully saturated rings. The first kappa shape index (κ1) is 22.3. The van der Waals surface area contributed by atoms with E-state index in [1.807, 2.05) is 42.5 Å². The first-order chi connectivity index (χ1) is 16.0. The zero-order chi connectivity index (χ0) is 23.1. The molecule has 3 aromatic carbocycles. The molecule has 172 valence electrons. The second-order valence-electron chi connectivity index (χ2n) is 8.38. The van der Waals surface area contributed by atoms with E-state index >= 15 is 0 Å². The summed E-state index contributed by atoms with van der Waals surface area (Å²) in [5, 5.41) is 43.9. The number of benzene rings is 3. The monoisotopic (exact) mass is 466 g/mol. The minimum Gasteiger partial charge on any atom is -0.496 e. The molecule has 1 saturated heterocycles. The standard InChI is InChI=1S/C26H26O6S/c1-31-25-15(11-16-10-14-6-2-5-9-21(14)33-16)12-19(17-7-3-4-8-18(17)25)26-24(30)23(29)22(28)20(13-27)32-26/h2-10,12,20,22-24,26-30H,11,13H2,1H3/t20-,22-,23+,24-,26+/m1/s1. The van der Waals surface area contributed by atoms with Crippen LogP contribution in [0.25, 0.3) is 20.9 Å². The number of thiophene rings is 1. The number of ether oxygens (including phenoxy) is 2. The van der Waals surface area contributed by atoms with Gasteiger partial charge in [0.1, 0.15) is 36.3 Å². The van der Waals surface area contributed by atoms with Crippen molar-refractivity contribution in [1.82, 2.24) is 0 Å². The average Bonchev–Trinajstić information content (AvgIpc) is 3.25. The Balaban J connectivity index is 1.64. The molecule has 0 aliphatic carbocycles. The first-order valence-electron chi connectivity index (χ1n) is 10.9. The minimum absolute atomic E-state index is 0.468. The van der Waals surface area contributed by atoms with Crippen molar-refractivity contribution in [2.75, 3.05) is 13.7 Å². The first-order valence-corrected chi connectivity index (χ1v) is 11.7. The Morgan fingerprint density at radius 1 is 0.909 bits per heavy atom. The molecule has 0 spiro atoms. The van der Waals surface area contributed by atoms with Gasteiger partial charge in [0, 0.05) is 26.9 Å². The lowest BCUT2D eigenvalue weighted by atomic mass is 9.87. The van der Waals surface area contributed by atoms with Crippen LogP contribution >= 0.6 is 11.3 Å². The fraction of sp³-hybridized carbons (Fsp3) is 0.308. The number of rotatable bonds is 5. The third-order valence-electron chi connectivity index (χ3n) is 6.35. The number of aliphatic hydroxyl groups excluding tert-OH is 4. The summed E-state index contributed by atoms with van der Waals surface area (Å²) in [6, 6.07) is 20.0. The van der Waals surface area contributed by atoms with E-state index in [1.165, 1.54) is 15.0 Å². The minimum atomic E-state index is -1.44. The molecule has 6 nitrogen and oxygen atoms in total. The molecular formula is C26H26O6S. The number of methoxy groups -OCH3 is 1. The second-order valence-corrected chi connectivity index (χ2v) is 9.55. The smallest absolute Gasteiger partial charge is 0.130 e. The van der Waals surface area contributed by atoms with E-state index in [0.29, 0.717) is 12.0 Å². The fourth-order valence-electron chi connectivity index (χ4n) is 4.71. The van der Waals surface area contributed by atoms with Gasteiger partial charge in [-0.15, -0.1) is 11.3 Å². The van der Waals surface area contributed by atoms with Crippen LogP contribution in [0.3, 0.4) is 0 Å². The van der Waals surface area contributed by atoms with Gasteiger partial charge in [-0.25, -0.2) is 0 Å². The van der Waals surface area contributed by atoms with E-state index in [0.717, 1.165) is 22.1 Å². The molecule has 1 aromatic heterocycles. The van der Waals surface area contributed by atoms with E-state index in [9.17, 15) is 20.4 Å². The van der Waals surface area contributed by atoms with Gasteiger partial charge in [0.25, 0.3) is 0 Å². The van der Waals surface area contributed by atoms with Crippen molar-refractivity contribution in [1.29, 1.82) is 0 Å². The molecule has 4 aromatic rings. The van der Waals surface area contributed by atoms with Crippen molar-refractivity contribution in [3.05, 3.63) is 76.7 Å². The molecule has 0 saturated carbocycles. The summed E-state index contributed by atoms with van der Waals surface area (Å²) in [4.78, 5) is 1.17. The van der Waals surface area contributed by atoms with Gasteiger partial charge in [-0.3, -0.25) is 0 Å². The van der Waals surface area contributed by atoms with Crippen molar-refractivity contribution in [2.45, 2.75) is 36.9 Å². The Labute approximate surface area is 195 Å². The van der Waals surface area contributed by atoms with Crippen molar-refractivity contribution in [3.63, 3.8) is 0 Å². The summed E-state index contributed by atoms with van der Waals surface area (Å²) < 4.78 is 12.9. The van der Waals surface area contributed by atoms with Crippen LogP contribution in [-0.4, -0.2) is 58.6 Å². The van der Waals surface area contributed by atoms with Gasteiger partial charge in [0.15, 0.2) is 0 Å². The molecule has 2 heterocycles. The predicted molar refractivity (Wildman–Crippen MR) is 128 cm³/mol. The zero-order valence-electron chi connectivity index (χ0n) is 18.1. The number of fused-ring (bicyclic) bond motifs is 2. The van der Waals surface area contributed by atoms with E-state index in [2.05, 4.69) is 18.2 Å². The third kappa shape index (κ3) is 3.91. The molecule has 5 atom stereocenters. The van der Waals surface area contributed by atoms with Crippen LogP contribution in [0, 0.1) is 0 Å². The molecule has 33 heavy (non-hydrogen) atoms. The van der Waals surface area contributed by atoms with Gasteiger partial charge in [-0.05, 0) is 34.5 Å². The Bertz CT molecular complexity index is 1250. The SMILES string of the molecule is COc1c(Cc2cc3ccccc3s2)cc([C@@H]2O[C@H](CO)[C@@H](O)[C@H](O)[C@H]2O)c2ccccc12. The van der Waals surface area contributed by atoms with Gasteiger partial charge in [-0.2, -0.15) is 0 Å². The molecule has 0 amide bonds. The molecule has 4 N–H and O–H groups in total. The highest BCUT2D eigenvalue weighted by Gasteiger charge is 2.44. The maximum atomic E-state index is 10.8. The van der Waals surface area contributed by atoms with Crippen LogP contribution < -0.4 is 4.74 Å². The highest BCUT2D eigenvalue weighted by molar-refractivity contribution is 7.19. The predicted octanol–water partition coefficient (Wildman–Crippen LogP) is 3.17. The van der Waals surface area contributed by atoms with Gasteiger partial charge in [0.2, 0.25) is 0 Å². The topological polar surface area (TPSA) is 99.4 Å². The maximum Gasteiger partial charge on any atom is 0.130 e. The van der Waals surface area contributed by atoms with Crippen LogP contribution in [0.15, 0.2) is 60.7 Å². The summed E-state index contributed by atoms with van der Waals surface area (Å²) >= 11 is 1.72. The number of hydrogen-bond donors (Lipinski definition) is 4. The Morgan fingerprint density at radius 3 is 2.36 bits per heavy atom. The molecule has 0 radical (unpaired) electrons. The summed E-state index contributed by atoms with van der Waals surface area (Å²) in [6.07, 6.45) is -5.45. The Hall–Kier alpha value is -2.52. The maximum absolute atomic E-state index is 10.8. The van der Waals surface area contributed by atoms with Gasteiger partial charge < -0.3 is 29.9 Å². The zero-order valence-corrected chi connectivity index (χ0v) is 18.9. The van der Waals surface area contributed by atoms with Crippen LogP contribution in [-0.2, 0) is 11.2 Å². The Morgan fingerprint density at radius 2 is 1.64 bits per heavy atom. The Kier molecular flexibility index (Phi) is 6.09. The molecule has 7 heteroatoms. The van der Waals surface area contributed by atoms with Crippen LogP contribution in [0.1, 0.15) is 22.1 Å². The van der Waals surface area contributed by atoms with Crippen LogP contribution in [0.5, 0.6) is 5.75 Å². The molecular weight excluding hydrogens is 440 g/mol. The van der Waals surface area contributed by atoms with E-state index in [1.54, 1.807) is 18.4 Å². The largest absolute Gasteiger partial charge is 0.496 e. The summed E-state index contributed by atoms with van der Waals surface area (Å²) in [7, 11) is 1.64. The molecule has 1 aliphatic heterocycles. The summed E-state index contributed by atoms with van der Waals surface area (Å²) in [5.74, 6) is 0.747. The lowest BCUT2D eigenvalue weighted by Crippen LogP contribution is -2.55.